The first-order chi connectivity index (χ1) is 4.61. The third kappa shape index (κ3) is 1.53. The Hall–Kier alpha value is -0.910. The topological polar surface area (TPSA) is 0 Å². The van der Waals surface area contributed by atoms with Crippen LogP contribution in [0.1, 0.15) is 19.4 Å². The normalized spacial score (nSPS) is 11.4. The lowest BCUT2D eigenvalue weighted by molar-refractivity contribution is 0.665. The molecule has 0 fully saturated rings. The van der Waals surface area contributed by atoms with E-state index < -0.39 is 0 Å². The van der Waals surface area contributed by atoms with Crippen molar-refractivity contribution in [2.75, 3.05) is 0 Å². The summed E-state index contributed by atoms with van der Waals surface area (Å²) in [5, 5.41) is 0. The molecule has 0 radical (unpaired) electrons. The van der Waals surface area contributed by atoms with E-state index in [2.05, 4.69) is 32.9 Å². The summed E-state index contributed by atoms with van der Waals surface area (Å²) < 4.78 is 0. The first kappa shape index (κ1) is 7.20. The molecule has 0 saturated carbocycles. The van der Waals surface area contributed by atoms with Crippen molar-refractivity contribution in [1.29, 1.82) is 0 Å². The van der Waals surface area contributed by atoms with Gasteiger partial charge in [-0.2, -0.15) is 0 Å². The van der Waals surface area contributed by atoms with Gasteiger partial charge < -0.3 is 0 Å². The highest BCUT2D eigenvalue weighted by Gasteiger charge is 2.19. The molecule has 0 aliphatic rings. The van der Waals surface area contributed by atoms with Crippen LogP contribution in [0.25, 0.3) is 0 Å². The van der Waals surface area contributed by atoms with Crippen LogP contribution in [0.4, 0.5) is 0 Å². The highest BCUT2D eigenvalue weighted by Crippen LogP contribution is 2.20. The summed E-state index contributed by atoms with van der Waals surface area (Å²) in [4.78, 5) is 0. The second-order valence-electron chi connectivity index (χ2n) is 3.25. The van der Waals surface area contributed by atoms with E-state index in [4.69, 9.17) is 0 Å². The second-order valence-corrected chi connectivity index (χ2v) is 3.25. The van der Waals surface area contributed by atoms with Gasteiger partial charge in [0.2, 0.25) is 0 Å². The van der Waals surface area contributed by atoms with E-state index in [1.165, 1.54) is 5.56 Å². The summed E-state index contributed by atoms with van der Waals surface area (Å²) in [6.07, 6.45) is 0. The SMILES string of the molecule is [CH2+]C(C)(C)c1ccccc1. The van der Waals surface area contributed by atoms with Gasteiger partial charge >= 0.3 is 0 Å². The fraction of sp³-hybridized carbons (Fsp3) is 0.300. The van der Waals surface area contributed by atoms with E-state index in [-0.39, 0.29) is 5.41 Å². The molecule has 0 saturated heterocycles. The summed E-state index contributed by atoms with van der Waals surface area (Å²) in [6.45, 7) is 8.27. The van der Waals surface area contributed by atoms with E-state index >= 15 is 0 Å². The second kappa shape index (κ2) is 2.37. The van der Waals surface area contributed by atoms with Gasteiger partial charge in [-0.3, -0.25) is 0 Å². The highest BCUT2D eigenvalue weighted by molar-refractivity contribution is 5.24. The van der Waals surface area contributed by atoms with Gasteiger partial charge in [-0.05, 0) is 13.8 Å². The zero-order chi connectivity index (χ0) is 7.61. The average Bonchev–Trinajstić information content (AvgIpc) is 1.88. The van der Waals surface area contributed by atoms with Crippen LogP contribution in [-0.2, 0) is 5.41 Å². The van der Waals surface area contributed by atoms with Crippen LogP contribution in [0.15, 0.2) is 30.3 Å². The molecule has 0 heteroatoms. The minimum absolute atomic E-state index is 0.0429. The average molecular weight is 133 g/mol. The maximum absolute atomic E-state index is 4.04. The zero-order valence-electron chi connectivity index (χ0n) is 6.59. The van der Waals surface area contributed by atoms with Crippen molar-refractivity contribution < 1.29 is 0 Å². The van der Waals surface area contributed by atoms with Gasteiger partial charge in [-0.25, -0.2) is 0 Å². The summed E-state index contributed by atoms with van der Waals surface area (Å²) in [6, 6.07) is 10.3. The molecule has 0 heterocycles. The Morgan fingerprint density at radius 1 is 1.10 bits per heavy atom. The fourth-order valence-electron chi connectivity index (χ4n) is 0.889. The molecular formula is C10H13+. The Morgan fingerprint density at radius 3 is 1.90 bits per heavy atom. The molecule has 1 aromatic rings. The third-order valence-electron chi connectivity index (χ3n) is 1.56. The first-order valence-corrected chi connectivity index (χ1v) is 3.51. The van der Waals surface area contributed by atoms with Gasteiger partial charge in [-0.15, -0.1) is 0 Å². The van der Waals surface area contributed by atoms with Crippen LogP contribution in [-0.4, -0.2) is 0 Å². The molecule has 1 aromatic carbocycles. The maximum Gasteiger partial charge on any atom is 0.125 e. The van der Waals surface area contributed by atoms with Gasteiger partial charge in [0, 0.05) is 5.56 Å². The van der Waals surface area contributed by atoms with Crippen LogP contribution in [0.3, 0.4) is 0 Å². The summed E-state index contributed by atoms with van der Waals surface area (Å²) in [5.74, 6) is 0. The van der Waals surface area contributed by atoms with E-state index in [0.717, 1.165) is 0 Å². The van der Waals surface area contributed by atoms with Gasteiger partial charge in [0.1, 0.15) is 5.41 Å². The summed E-state index contributed by atoms with van der Waals surface area (Å²) in [5.41, 5.74) is 1.33. The molecular weight excluding hydrogens is 120 g/mol. The monoisotopic (exact) mass is 133 g/mol. The molecule has 1 rings (SSSR count). The Bertz CT molecular complexity index is 191. The van der Waals surface area contributed by atoms with Gasteiger partial charge in [0.05, 0.1) is 6.92 Å². The predicted octanol–water partition coefficient (Wildman–Crippen LogP) is 2.80. The molecule has 0 aromatic heterocycles. The van der Waals surface area contributed by atoms with Crippen LogP contribution in [0, 0.1) is 6.92 Å². The van der Waals surface area contributed by atoms with Crippen molar-refractivity contribution in [2.24, 2.45) is 0 Å². The van der Waals surface area contributed by atoms with Gasteiger partial charge in [-0.1, -0.05) is 30.3 Å². The zero-order valence-corrected chi connectivity index (χ0v) is 6.59. The molecule has 10 heavy (non-hydrogen) atoms. The summed E-state index contributed by atoms with van der Waals surface area (Å²) >= 11 is 0. The molecule has 0 nitrogen and oxygen atoms in total. The minimum Gasteiger partial charge on any atom is -0.0622 e. The lowest BCUT2D eigenvalue weighted by atomic mass is 9.87. The highest BCUT2D eigenvalue weighted by atomic mass is 14.2. The van der Waals surface area contributed by atoms with E-state index in [0.29, 0.717) is 0 Å². The first-order valence-electron chi connectivity index (χ1n) is 3.51. The maximum atomic E-state index is 4.04. The summed E-state index contributed by atoms with van der Waals surface area (Å²) in [7, 11) is 0. The molecule has 0 atom stereocenters. The molecule has 0 N–H and O–H groups in total. The molecule has 0 spiro atoms. The number of rotatable bonds is 1. The van der Waals surface area contributed by atoms with E-state index in [1.807, 2.05) is 18.2 Å². The van der Waals surface area contributed by atoms with Crippen LogP contribution >= 0.6 is 0 Å². The lowest BCUT2D eigenvalue weighted by Gasteiger charge is -2.10. The molecule has 0 aliphatic heterocycles. The molecule has 52 valence electrons. The molecule has 0 unspecified atom stereocenters. The largest absolute Gasteiger partial charge is 0.125 e. The van der Waals surface area contributed by atoms with Crippen LogP contribution < -0.4 is 0 Å². The number of hydrogen-bond donors (Lipinski definition) is 0. The Kier molecular flexibility index (Phi) is 1.71. The van der Waals surface area contributed by atoms with Crippen LogP contribution in [0.5, 0.6) is 0 Å². The number of benzene rings is 1. The third-order valence-corrected chi connectivity index (χ3v) is 1.56. The van der Waals surface area contributed by atoms with Crippen molar-refractivity contribution in [3.63, 3.8) is 0 Å². The lowest BCUT2D eigenvalue weighted by Crippen LogP contribution is -2.10. The smallest absolute Gasteiger partial charge is 0.0622 e. The standard InChI is InChI=1S/C10H13/c1-10(2,3)9-7-5-4-6-8-9/h4-8H,1H2,2-3H3/q+1. The van der Waals surface area contributed by atoms with E-state index in [9.17, 15) is 0 Å². The molecule has 0 bridgehead atoms. The van der Waals surface area contributed by atoms with Crippen molar-refractivity contribution in [3.8, 4) is 0 Å². The Morgan fingerprint density at radius 2 is 1.60 bits per heavy atom. The Labute approximate surface area is 62.9 Å². The van der Waals surface area contributed by atoms with Crippen molar-refractivity contribution in [1.82, 2.24) is 0 Å². The molecule has 0 aliphatic carbocycles. The van der Waals surface area contributed by atoms with Crippen molar-refractivity contribution in [2.45, 2.75) is 19.3 Å². The quantitative estimate of drug-likeness (QED) is 0.517. The van der Waals surface area contributed by atoms with Gasteiger partial charge in [0.15, 0.2) is 0 Å². The molecule has 0 amide bonds. The predicted molar refractivity (Wildman–Crippen MR) is 44.8 cm³/mol. The van der Waals surface area contributed by atoms with Crippen LogP contribution in [0.2, 0.25) is 0 Å². The fourth-order valence-corrected chi connectivity index (χ4v) is 0.889. The minimum atomic E-state index is 0.0429. The van der Waals surface area contributed by atoms with Crippen molar-refractivity contribution >= 4 is 0 Å². The van der Waals surface area contributed by atoms with E-state index in [1.54, 1.807) is 0 Å². The Balaban J connectivity index is 2.97. The van der Waals surface area contributed by atoms with Crippen molar-refractivity contribution in [3.05, 3.63) is 42.8 Å². The number of hydrogen-bond acceptors (Lipinski definition) is 0. The van der Waals surface area contributed by atoms with Gasteiger partial charge in [0.25, 0.3) is 0 Å².